The molecule has 0 spiro atoms. The lowest BCUT2D eigenvalue weighted by atomic mass is 9.98. The SMILES string of the molecule is C[C@]1(c2cnccn2)NC(=O)N(CC(=O)c2ccc(Cl)cc2)C1=O. The number of halogens is 1. The Balaban J connectivity index is 1.82. The summed E-state index contributed by atoms with van der Waals surface area (Å²) in [5.41, 5.74) is -0.663. The molecule has 3 amide bonds. The number of carbonyl (C=O) groups is 3. The zero-order valence-corrected chi connectivity index (χ0v) is 13.4. The standard InChI is InChI=1S/C16H13ClN4O3/c1-16(13-8-18-6-7-19-13)14(23)21(15(24)20-16)9-12(22)10-2-4-11(17)5-3-10/h2-8H,9H2,1H3,(H,20,24)/t16-/m1/s1. The maximum Gasteiger partial charge on any atom is 0.325 e. The zero-order valence-electron chi connectivity index (χ0n) is 12.7. The van der Waals surface area contributed by atoms with Crippen LogP contribution in [0, 0.1) is 0 Å². The Morgan fingerprint density at radius 3 is 2.58 bits per heavy atom. The Morgan fingerprint density at radius 1 is 1.25 bits per heavy atom. The van der Waals surface area contributed by atoms with Gasteiger partial charge in [0.2, 0.25) is 0 Å². The van der Waals surface area contributed by atoms with Gasteiger partial charge in [-0.2, -0.15) is 0 Å². The van der Waals surface area contributed by atoms with Crippen LogP contribution in [0.4, 0.5) is 4.79 Å². The number of hydrogen-bond acceptors (Lipinski definition) is 5. The highest BCUT2D eigenvalue weighted by atomic mass is 35.5. The fourth-order valence-electron chi connectivity index (χ4n) is 2.44. The summed E-state index contributed by atoms with van der Waals surface area (Å²) in [6.45, 7) is 1.17. The van der Waals surface area contributed by atoms with E-state index in [0.29, 0.717) is 16.3 Å². The molecule has 122 valence electrons. The van der Waals surface area contributed by atoms with Crippen LogP contribution in [0.2, 0.25) is 5.02 Å². The van der Waals surface area contributed by atoms with Crippen LogP contribution in [0.15, 0.2) is 42.9 Å². The van der Waals surface area contributed by atoms with Gasteiger partial charge in [-0.15, -0.1) is 0 Å². The van der Waals surface area contributed by atoms with Gasteiger partial charge in [0, 0.05) is 23.0 Å². The molecule has 7 nitrogen and oxygen atoms in total. The van der Waals surface area contributed by atoms with E-state index in [1.54, 1.807) is 24.3 Å². The molecule has 1 aromatic carbocycles. The van der Waals surface area contributed by atoms with Crippen LogP contribution in [-0.4, -0.2) is 39.1 Å². The number of amides is 3. The van der Waals surface area contributed by atoms with Crippen molar-refractivity contribution in [3.63, 3.8) is 0 Å². The number of rotatable bonds is 4. The quantitative estimate of drug-likeness (QED) is 0.674. The third kappa shape index (κ3) is 2.74. The minimum atomic E-state index is -1.34. The molecule has 2 heterocycles. The average Bonchev–Trinajstić information content (AvgIpc) is 2.80. The van der Waals surface area contributed by atoms with Crippen LogP contribution in [0.3, 0.4) is 0 Å². The number of nitrogens with zero attached hydrogens (tertiary/aromatic N) is 3. The van der Waals surface area contributed by atoms with Gasteiger partial charge in [0.05, 0.1) is 18.4 Å². The molecule has 0 unspecified atom stereocenters. The highest BCUT2D eigenvalue weighted by Crippen LogP contribution is 2.27. The van der Waals surface area contributed by atoms with Crippen molar-refractivity contribution in [2.24, 2.45) is 0 Å². The van der Waals surface area contributed by atoms with Crippen LogP contribution in [0.5, 0.6) is 0 Å². The third-order valence-electron chi connectivity index (χ3n) is 3.82. The second-order valence-electron chi connectivity index (χ2n) is 5.47. The molecule has 2 aromatic rings. The first-order valence-electron chi connectivity index (χ1n) is 7.11. The minimum absolute atomic E-state index is 0.310. The van der Waals surface area contributed by atoms with E-state index >= 15 is 0 Å². The number of aromatic nitrogens is 2. The van der Waals surface area contributed by atoms with Gasteiger partial charge in [0.25, 0.3) is 5.91 Å². The summed E-state index contributed by atoms with van der Waals surface area (Å²) >= 11 is 5.79. The number of imide groups is 1. The lowest BCUT2D eigenvalue weighted by Crippen LogP contribution is -2.42. The van der Waals surface area contributed by atoms with E-state index < -0.39 is 17.5 Å². The predicted molar refractivity (Wildman–Crippen MR) is 85.4 cm³/mol. The Morgan fingerprint density at radius 2 is 1.96 bits per heavy atom. The van der Waals surface area contributed by atoms with E-state index in [1.807, 2.05) is 0 Å². The summed E-state index contributed by atoms with van der Waals surface area (Å²) in [7, 11) is 0. The molecule has 1 atom stereocenters. The second kappa shape index (κ2) is 6.01. The van der Waals surface area contributed by atoms with Crippen molar-refractivity contribution in [3.8, 4) is 0 Å². The smallest absolute Gasteiger partial charge is 0.318 e. The summed E-state index contributed by atoms with van der Waals surface area (Å²) in [4.78, 5) is 46.0. The first-order chi connectivity index (χ1) is 11.4. The summed E-state index contributed by atoms with van der Waals surface area (Å²) in [5, 5.41) is 3.07. The van der Waals surface area contributed by atoms with Crippen molar-refractivity contribution in [3.05, 3.63) is 59.1 Å². The molecule has 1 saturated heterocycles. The van der Waals surface area contributed by atoms with E-state index in [2.05, 4.69) is 15.3 Å². The first-order valence-corrected chi connectivity index (χ1v) is 7.49. The molecule has 0 bridgehead atoms. The van der Waals surface area contributed by atoms with E-state index in [4.69, 9.17) is 11.6 Å². The van der Waals surface area contributed by atoms with E-state index in [1.165, 1.54) is 25.5 Å². The Bertz CT molecular complexity index is 810. The molecule has 24 heavy (non-hydrogen) atoms. The summed E-state index contributed by atoms with van der Waals surface area (Å²) in [6, 6.07) is 5.60. The van der Waals surface area contributed by atoms with Gasteiger partial charge in [-0.05, 0) is 31.2 Å². The molecule has 0 radical (unpaired) electrons. The number of hydrogen-bond donors (Lipinski definition) is 1. The third-order valence-corrected chi connectivity index (χ3v) is 4.07. The molecule has 1 N–H and O–H groups in total. The Labute approximate surface area is 142 Å². The molecule has 0 aliphatic carbocycles. The molecule has 1 aromatic heterocycles. The van der Waals surface area contributed by atoms with Gasteiger partial charge in [0.1, 0.15) is 0 Å². The number of Topliss-reactive ketones (excluding diaryl/α,β-unsaturated/α-hetero) is 1. The monoisotopic (exact) mass is 344 g/mol. The van der Waals surface area contributed by atoms with Crippen LogP contribution < -0.4 is 5.32 Å². The molecule has 3 rings (SSSR count). The number of ketones is 1. The molecular formula is C16H13ClN4O3. The maximum atomic E-state index is 12.7. The van der Waals surface area contributed by atoms with Gasteiger partial charge in [0.15, 0.2) is 11.3 Å². The lowest BCUT2D eigenvalue weighted by molar-refractivity contribution is -0.130. The fourth-order valence-corrected chi connectivity index (χ4v) is 2.57. The van der Waals surface area contributed by atoms with Gasteiger partial charge in [-0.3, -0.25) is 24.5 Å². The Kier molecular flexibility index (Phi) is 4.02. The van der Waals surface area contributed by atoms with Gasteiger partial charge in [-0.25, -0.2) is 4.79 Å². The first kappa shape index (κ1) is 16.1. The lowest BCUT2D eigenvalue weighted by Gasteiger charge is -2.20. The normalized spacial score (nSPS) is 20.2. The molecule has 0 saturated carbocycles. The number of benzene rings is 1. The van der Waals surface area contributed by atoms with Crippen molar-refractivity contribution >= 4 is 29.3 Å². The molecular weight excluding hydrogens is 332 g/mol. The highest BCUT2D eigenvalue weighted by Gasteiger charge is 2.50. The van der Waals surface area contributed by atoms with Crippen LogP contribution in [0.1, 0.15) is 23.0 Å². The average molecular weight is 345 g/mol. The summed E-state index contributed by atoms with van der Waals surface area (Å²) in [5.74, 6) is -0.908. The second-order valence-corrected chi connectivity index (χ2v) is 5.90. The maximum absolute atomic E-state index is 12.7. The van der Waals surface area contributed by atoms with Crippen LogP contribution in [-0.2, 0) is 10.3 Å². The van der Waals surface area contributed by atoms with Crippen molar-refractivity contribution in [2.45, 2.75) is 12.5 Å². The van der Waals surface area contributed by atoms with Crippen molar-refractivity contribution in [1.82, 2.24) is 20.2 Å². The van der Waals surface area contributed by atoms with Crippen molar-refractivity contribution in [1.29, 1.82) is 0 Å². The summed E-state index contributed by atoms with van der Waals surface area (Å²) < 4.78 is 0. The van der Waals surface area contributed by atoms with Crippen LogP contribution >= 0.6 is 11.6 Å². The molecule has 8 heteroatoms. The van der Waals surface area contributed by atoms with Gasteiger partial charge >= 0.3 is 6.03 Å². The van der Waals surface area contributed by atoms with E-state index in [-0.39, 0.29) is 12.3 Å². The molecule has 1 aliphatic heterocycles. The number of urea groups is 1. The van der Waals surface area contributed by atoms with E-state index in [9.17, 15) is 14.4 Å². The number of nitrogens with one attached hydrogen (secondary N) is 1. The van der Waals surface area contributed by atoms with Gasteiger partial charge < -0.3 is 5.32 Å². The number of carbonyl (C=O) groups excluding carboxylic acids is 3. The predicted octanol–water partition coefficient (Wildman–Crippen LogP) is 1.78. The van der Waals surface area contributed by atoms with Gasteiger partial charge in [-0.1, -0.05) is 11.6 Å². The largest absolute Gasteiger partial charge is 0.325 e. The molecule has 1 aliphatic rings. The van der Waals surface area contributed by atoms with Crippen molar-refractivity contribution in [2.75, 3.05) is 6.54 Å². The zero-order chi connectivity index (χ0) is 17.3. The van der Waals surface area contributed by atoms with Crippen LogP contribution in [0.25, 0.3) is 0 Å². The highest BCUT2D eigenvalue weighted by molar-refractivity contribution is 6.30. The topological polar surface area (TPSA) is 92.3 Å². The fraction of sp³-hybridized carbons (Fsp3) is 0.188. The summed E-state index contributed by atoms with van der Waals surface area (Å²) in [6.07, 6.45) is 4.31. The van der Waals surface area contributed by atoms with Crippen molar-refractivity contribution < 1.29 is 14.4 Å². The molecule has 1 fully saturated rings. The Hall–Kier alpha value is -2.80. The van der Waals surface area contributed by atoms with E-state index in [0.717, 1.165) is 4.90 Å². The minimum Gasteiger partial charge on any atom is -0.318 e.